The van der Waals surface area contributed by atoms with Crippen molar-refractivity contribution >= 4 is 19.8 Å². The van der Waals surface area contributed by atoms with E-state index >= 15 is 0 Å². The molecule has 0 aromatic heterocycles. The zero-order valence-electron chi connectivity index (χ0n) is 24.6. The summed E-state index contributed by atoms with van der Waals surface area (Å²) in [5.74, 6) is -0.898. The van der Waals surface area contributed by atoms with E-state index in [-0.39, 0.29) is 19.4 Å². The predicted octanol–water partition coefficient (Wildman–Crippen LogP) is 8.34. The molecule has 0 fully saturated rings. The summed E-state index contributed by atoms with van der Waals surface area (Å²) in [7, 11) is -4.73. The van der Waals surface area contributed by atoms with Gasteiger partial charge < -0.3 is 19.3 Å². The Morgan fingerprint density at radius 2 is 1.13 bits per heavy atom. The van der Waals surface area contributed by atoms with Crippen LogP contribution in [-0.2, 0) is 28.2 Å². The first-order valence-electron chi connectivity index (χ1n) is 15.4. The minimum atomic E-state index is -4.73. The molecule has 0 amide bonds. The molecule has 230 valence electrons. The molecule has 0 aromatic carbocycles. The van der Waals surface area contributed by atoms with Gasteiger partial charge in [-0.15, -0.1) is 6.58 Å². The molecule has 0 radical (unpaired) electrons. The molecule has 0 aliphatic carbocycles. The summed E-state index contributed by atoms with van der Waals surface area (Å²) in [5.41, 5.74) is 0. The SMILES string of the molecule is C=CCCCCCCCCCC(=O)O[C@H](COC(=O)CCCCCCCCCCCCCC)COP(=O)(O)O. The normalized spacial score (nSPS) is 12.3. The number of hydrogen-bond donors (Lipinski definition) is 2. The van der Waals surface area contributed by atoms with Gasteiger partial charge in [-0.1, -0.05) is 116 Å². The number of hydrogen-bond acceptors (Lipinski definition) is 6. The molecule has 0 saturated carbocycles. The zero-order valence-corrected chi connectivity index (χ0v) is 25.5. The molecule has 0 aliphatic rings. The molecular weight excluding hydrogens is 519 g/mol. The van der Waals surface area contributed by atoms with Crippen molar-refractivity contribution in [1.29, 1.82) is 0 Å². The highest BCUT2D eigenvalue weighted by molar-refractivity contribution is 7.46. The number of phosphoric acid groups is 1. The van der Waals surface area contributed by atoms with Gasteiger partial charge in [-0.25, -0.2) is 4.57 Å². The van der Waals surface area contributed by atoms with Gasteiger partial charge in [-0.2, -0.15) is 0 Å². The number of carbonyl (C=O) groups excluding carboxylic acids is 2. The van der Waals surface area contributed by atoms with Crippen LogP contribution in [0.5, 0.6) is 0 Å². The summed E-state index contributed by atoms with van der Waals surface area (Å²) in [6, 6.07) is 0. The van der Waals surface area contributed by atoms with E-state index in [9.17, 15) is 14.2 Å². The molecule has 8 nitrogen and oxygen atoms in total. The summed E-state index contributed by atoms with van der Waals surface area (Å²) in [4.78, 5) is 42.3. The molecule has 0 spiro atoms. The first-order valence-corrected chi connectivity index (χ1v) is 17.0. The van der Waals surface area contributed by atoms with Gasteiger partial charge in [0.15, 0.2) is 6.10 Å². The van der Waals surface area contributed by atoms with Crippen LogP contribution >= 0.6 is 7.82 Å². The second-order valence-corrected chi connectivity index (χ2v) is 11.8. The minimum Gasteiger partial charge on any atom is -0.462 e. The van der Waals surface area contributed by atoms with Crippen LogP contribution in [0, 0.1) is 0 Å². The second kappa shape index (κ2) is 27.0. The summed E-state index contributed by atoms with van der Waals surface area (Å²) in [6.07, 6.45) is 24.1. The maximum atomic E-state index is 12.2. The lowest BCUT2D eigenvalue weighted by Crippen LogP contribution is -2.29. The summed E-state index contributed by atoms with van der Waals surface area (Å²) >= 11 is 0. The number of rotatable bonds is 29. The van der Waals surface area contributed by atoms with Crippen LogP contribution in [0.4, 0.5) is 0 Å². The molecule has 0 aromatic rings. The lowest BCUT2D eigenvalue weighted by molar-refractivity contribution is -0.161. The summed E-state index contributed by atoms with van der Waals surface area (Å²) < 4.78 is 26.1. The first-order chi connectivity index (χ1) is 18.8. The Balaban J connectivity index is 4.01. The third-order valence-corrected chi connectivity index (χ3v) is 7.17. The Morgan fingerprint density at radius 1 is 0.692 bits per heavy atom. The number of carbonyl (C=O) groups is 2. The lowest BCUT2D eigenvalue weighted by Gasteiger charge is -2.18. The van der Waals surface area contributed by atoms with Crippen LogP contribution in [0.15, 0.2) is 12.7 Å². The van der Waals surface area contributed by atoms with Gasteiger partial charge in [0, 0.05) is 12.8 Å². The monoisotopic (exact) mass is 576 g/mol. The van der Waals surface area contributed by atoms with E-state index in [1.54, 1.807) is 0 Å². The minimum absolute atomic E-state index is 0.204. The molecule has 9 heteroatoms. The van der Waals surface area contributed by atoms with Crippen molar-refractivity contribution in [3.63, 3.8) is 0 Å². The maximum Gasteiger partial charge on any atom is 0.469 e. The van der Waals surface area contributed by atoms with E-state index in [0.29, 0.717) is 6.42 Å². The largest absolute Gasteiger partial charge is 0.469 e. The lowest BCUT2D eigenvalue weighted by atomic mass is 10.0. The van der Waals surface area contributed by atoms with E-state index in [4.69, 9.17) is 19.3 Å². The quantitative estimate of drug-likeness (QED) is 0.0395. The molecule has 1 atom stereocenters. The standard InChI is InChI=1S/C30H57O8P/c1-3-5-7-9-11-13-14-15-17-18-20-22-24-29(31)36-26-28(27-37-39(33,34)35)38-30(32)25-23-21-19-16-12-10-8-6-4-2/h4,28H,2-3,5-27H2,1H3,(H2,33,34,35)/t28-/m1/s1. The average Bonchev–Trinajstić information content (AvgIpc) is 2.89. The molecule has 0 rings (SSSR count). The van der Waals surface area contributed by atoms with Gasteiger partial charge in [-0.05, 0) is 25.7 Å². The smallest absolute Gasteiger partial charge is 0.462 e. The van der Waals surface area contributed by atoms with Crippen LogP contribution in [-0.4, -0.2) is 41.0 Å². The third kappa shape index (κ3) is 29.6. The first kappa shape index (κ1) is 37.8. The fourth-order valence-corrected chi connectivity index (χ4v) is 4.71. The Bertz CT molecular complexity index is 649. The fourth-order valence-electron chi connectivity index (χ4n) is 4.35. The highest BCUT2D eigenvalue weighted by atomic mass is 31.2. The van der Waals surface area contributed by atoms with Crippen molar-refractivity contribution in [3.8, 4) is 0 Å². The molecule has 0 aliphatic heterocycles. The average molecular weight is 577 g/mol. The van der Waals surface area contributed by atoms with E-state index in [2.05, 4.69) is 18.0 Å². The van der Waals surface area contributed by atoms with E-state index in [0.717, 1.165) is 51.4 Å². The van der Waals surface area contributed by atoms with Crippen LogP contribution in [0.2, 0.25) is 0 Å². The van der Waals surface area contributed by atoms with Gasteiger partial charge in [-0.3, -0.25) is 14.1 Å². The predicted molar refractivity (Wildman–Crippen MR) is 156 cm³/mol. The van der Waals surface area contributed by atoms with Crippen LogP contribution in [0.3, 0.4) is 0 Å². The van der Waals surface area contributed by atoms with Gasteiger partial charge in [0.25, 0.3) is 0 Å². The summed E-state index contributed by atoms with van der Waals surface area (Å²) in [5, 5.41) is 0. The molecule has 39 heavy (non-hydrogen) atoms. The third-order valence-electron chi connectivity index (χ3n) is 6.68. The van der Waals surface area contributed by atoms with Crippen molar-refractivity contribution in [2.24, 2.45) is 0 Å². The van der Waals surface area contributed by atoms with Gasteiger partial charge in [0.2, 0.25) is 0 Å². The number of ether oxygens (including phenoxy) is 2. The van der Waals surface area contributed by atoms with E-state index in [1.807, 2.05) is 6.08 Å². The number of allylic oxidation sites excluding steroid dienone is 1. The Morgan fingerprint density at radius 3 is 1.59 bits per heavy atom. The van der Waals surface area contributed by atoms with Crippen molar-refractivity contribution in [1.82, 2.24) is 0 Å². The van der Waals surface area contributed by atoms with Gasteiger partial charge in [0.05, 0.1) is 6.61 Å². The molecular formula is C30H57O8P. The van der Waals surface area contributed by atoms with Crippen LogP contribution in [0.1, 0.15) is 148 Å². The van der Waals surface area contributed by atoms with Gasteiger partial charge >= 0.3 is 19.8 Å². The van der Waals surface area contributed by atoms with Crippen LogP contribution < -0.4 is 0 Å². The molecule has 0 heterocycles. The maximum absolute atomic E-state index is 12.2. The fraction of sp³-hybridized carbons (Fsp3) is 0.867. The van der Waals surface area contributed by atoms with E-state index < -0.39 is 32.5 Å². The number of unbranched alkanes of at least 4 members (excludes halogenated alkanes) is 18. The Hall–Kier alpha value is -1.21. The molecule has 0 unspecified atom stereocenters. The Labute approximate surface area is 237 Å². The molecule has 2 N–H and O–H groups in total. The Kier molecular flexibility index (Phi) is 26.1. The highest BCUT2D eigenvalue weighted by Crippen LogP contribution is 2.35. The van der Waals surface area contributed by atoms with E-state index in [1.165, 1.54) is 70.6 Å². The summed E-state index contributed by atoms with van der Waals surface area (Å²) in [6.45, 7) is 5.13. The second-order valence-electron chi connectivity index (χ2n) is 10.5. The van der Waals surface area contributed by atoms with Crippen molar-refractivity contribution in [2.45, 2.75) is 154 Å². The molecule has 0 saturated heterocycles. The number of phosphoric ester groups is 1. The van der Waals surface area contributed by atoms with Crippen LogP contribution in [0.25, 0.3) is 0 Å². The zero-order chi connectivity index (χ0) is 29.0. The number of esters is 2. The van der Waals surface area contributed by atoms with Crippen molar-refractivity contribution < 1.29 is 37.9 Å². The topological polar surface area (TPSA) is 119 Å². The molecule has 0 bridgehead atoms. The van der Waals surface area contributed by atoms with Gasteiger partial charge in [0.1, 0.15) is 6.61 Å². The van der Waals surface area contributed by atoms with Crippen molar-refractivity contribution in [2.75, 3.05) is 13.2 Å². The van der Waals surface area contributed by atoms with Crippen molar-refractivity contribution in [3.05, 3.63) is 12.7 Å². The highest BCUT2D eigenvalue weighted by Gasteiger charge is 2.22.